The third-order valence-electron chi connectivity index (χ3n) is 3.35. The lowest BCUT2D eigenvalue weighted by atomic mass is 10.1. The average molecular weight is 286 g/mol. The molecule has 3 heteroatoms. The molecule has 0 spiro atoms. The van der Waals surface area contributed by atoms with Gasteiger partial charge in [-0.05, 0) is 36.1 Å². The number of methoxy groups -OCH3 is 1. The van der Waals surface area contributed by atoms with Crippen LogP contribution in [0.4, 0.5) is 0 Å². The van der Waals surface area contributed by atoms with Gasteiger partial charge in [0.25, 0.3) is 0 Å². The van der Waals surface area contributed by atoms with Crippen LogP contribution in [0.2, 0.25) is 0 Å². The molecule has 0 aromatic heterocycles. The van der Waals surface area contributed by atoms with Crippen LogP contribution in [0.1, 0.15) is 23.7 Å². The smallest absolute Gasteiger partial charge is 0.119 e. The van der Waals surface area contributed by atoms with Crippen molar-refractivity contribution >= 4 is 0 Å². The van der Waals surface area contributed by atoms with E-state index in [0.717, 1.165) is 24.2 Å². The molecule has 2 aromatic carbocycles. The maximum atomic E-state index is 10.1. The minimum atomic E-state index is -0.614. The van der Waals surface area contributed by atoms with Crippen LogP contribution in [-0.2, 0) is 11.2 Å². The summed E-state index contributed by atoms with van der Waals surface area (Å²) in [6, 6.07) is 17.8. The van der Waals surface area contributed by atoms with Crippen molar-refractivity contribution in [3.8, 4) is 5.75 Å². The van der Waals surface area contributed by atoms with Crippen LogP contribution in [0.3, 0.4) is 0 Å². The highest BCUT2D eigenvalue weighted by Crippen LogP contribution is 2.19. The molecule has 0 aliphatic heterocycles. The van der Waals surface area contributed by atoms with E-state index in [1.807, 2.05) is 42.5 Å². The second-order valence-corrected chi connectivity index (χ2v) is 4.96. The Balaban J connectivity index is 1.68. The molecule has 1 N–H and O–H groups in total. The molecule has 21 heavy (non-hydrogen) atoms. The number of hydrogen-bond acceptors (Lipinski definition) is 3. The van der Waals surface area contributed by atoms with Gasteiger partial charge >= 0.3 is 0 Å². The molecule has 2 rings (SSSR count). The van der Waals surface area contributed by atoms with Gasteiger partial charge < -0.3 is 14.6 Å². The highest BCUT2D eigenvalue weighted by atomic mass is 16.5. The summed E-state index contributed by atoms with van der Waals surface area (Å²) in [4.78, 5) is 0. The fraction of sp³-hybridized carbons (Fsp3) is 0.333. The molecule has 0 aliphatic carbocycles. The first-order chi connectivity index (χ1) is 10.3. The predicted octanol–water partition coefficient (Wildman–Crippen LogP) is 3.38. The quantitative estimate of drug-likeness (QED) is 0.756. The Labute approximate surface area is 126 Å². The Kier molecular flexibility index (Phi) is 6.25. The summed E-state index contributed by atoms with van der Waals surface area (Å²) in [7, 11) is 1.62. The zero-order chi connectivity index (χ0) is 14.9. The minimum Gasteiger partial charge on any atom is -0.497 e. The number of hydrogen-bond donors (Lipinski definition) is 1. The van der Waals surface area contributed by atoms with Gasteiger partial charge in [0, 0.05) is 6.61 Å². The molecule has 0 fully saturated rings. The van der Waals surface area contributed by atoms with Gasteiger partial charge in [0.2, 0.25) is 0 Å². The molecule has 0 saturated heterocycles. The van der Waals surface area contributed by atoms with Crippen LogP contribution in [0.25, 0.3) is 0 Å². The second kappa shape index (κ2) is 8.45. The largest absolute Gasteiger partial charge is 0.497 e. The Morgan fingerprint density at radius 2 is 1.86 bits per heavy atom. The SMILES string of the molecule is COc1cccc(C(O)COCCCc2ccccc2)c1. The van der Waals surface area contributed by atoms with Gasteiger partial charge in [0.15, 0.2) is 0 Å². The summed E-state index contributed by atoms with van der Waals surface area (Å²) in [5, 5.41) is 10.1. The first kappa shape index (κ1) is 15.5. The summed E-state index contributed by atoms with van der Waals surface area (Å²) >= 11 is 0. The Bertz CT molecular complexity index is 525. The zero-order valence-corrected chi connectivity index (χ0v) is 12.4. The topological polar surface area (TPSA) is 38.7 Å². The summed E-state index contributed by atoms with van der Waals surface area (Å²) < 4.78 is 10.7. The first-order valence-corrected chi connectivity index (χ1v) is 7.23. The van der Waals surface area contributed by atoms with Crippen LogP contribution in [-0.4, -0.2) is 25.4 Å². The number of ether oxygens (including phenoxy) is 2. The van der Waals surface area contributed by atoms with E-state index < -0.39 is 6.10 Å². The van der Waals surface area contributed by atoms with E-state index in [-0.39, 0.29) is 0 Å². The number of aryl methyl sites for hydroxylation is 1. The van der Waals surface area contributed by atoms with Crippen LogP contribution >= 0.6 is 0 Å². The highest BCUT2D eigenvalue weighted by molar-refractivity contribution is 5.29. The van der Waals surface area contributed by atoms with Crippen molar-refractivity contribution in [1.29, 1.82) is 0 Å². The van der Waals surface area contributed by atoms with Gasteiger partial charge in [-0.15, -0.1) is 0 Å². The van der Waals surface area contributed by atoms with Crippen LogP contribution in [0.5, 0.6) is 5.75 Å². The standard InChI is InChI=1S/C18H22O3/c1-20-17-11-5-10-16(13-17)18(19)14-21-12-6-9-15-7-3-2-4-8-15/h2-5,7-8,10-11,13,18-19H,6,9,12,14H2,1H3. The Morgan fingerprint density at radius 1 is 1.05 bits per heavy atom. The van der Waals surface area contributed by atoms with E-state index in [0.29, 0.717) is 13.2 Å². The number of benzene rings is 2. The van der Waals surface area contributed by atoms with Crippen molar-refractivity contribution in [2.24, 2.45) is 0 Å². The molecule has 2 aromatic rings. The van der Waals surface area contributed by atoms with Gasteiger partial charge in [-0.1, -0.05) is 42.5 Å². The molecule has 0 aliphatic rings. The Hall–Kier alpha value is -1.84. The van der Waals surface area contributed by atoms with E-state index in [4.69, 9.17) is 9.47 Å². The van der Waals surface area contributed by atoms with E-state index in [2.05, 4.69) is 12.1 Å². The summed E-state index contributed by atoms with van der Waals surface area (Å²) in [5.41, 5.74) is 2.13. The lowest BCUT2D eigenvalue weighted by Crippen LogP contribution is -2.08. The third-order valence-corrected chi connectivity index (χ3v) is 3.35. The molecule has 1 unspecified atom stereocenters. The van der Waals surface area contributed by atoms with E-state index in [1.165, 1.54) is 5.56 Å². The molecule has 3 nitrogen and oxygen atoms in total. The van der Waals surface area contributed by atoms with Crippen molar-refractivity contribution in [2.45, 2.75) is 18.9 Å². The predicted molar refractivity (Wildman–Crippen MR) is 83.5 cm³/mol. The molecular formula is C18H22O3. The minimum absolute atomic E-state index is 0.307. The Morgan fingerprint density at radius 3 is 2.62 bits per heavy atom. The first-order valence-electron chi connectivity index (χ1n) is 7.23. The number of aliphatic hydroxyl groups excluding tert-OH is 1. The fourth-order valence-electron chi connectivity index (χ4n) is 2.16. The molecule has 0 heterocycles. The van der Waals surface area contributed by atoms with Gasteiger partial charge in [0.1, 0.15) is 11.9 Å². The van der Waals surface area contributed by atoms with E-state index in [9.17, 15) is 5.11 Å². The lowest BCUT2D eigenvalue weighted by molar-refractivity contribution is 0.0351. The van der Waals surface area contributed by atoms with Crippen molar-refractivity contribution in [1.82, 2.24) is 0 Å². The van der Waals surface area contributed by atoms with Gasteiger partial charge in [-0.3, -0.25) is 0 Å². The van der Waals surface area contributed by atoms with E-state index in [1.54, 1.807) is 7.11 Å². The molecule has 0 saturated carbocycles. The summed E-state index contributed by atoms with van der Waals surface area (Å²) in [6.07, 6.45) is 1.34. The zero-order valence-electron chi connectivity index (χ0n) is 12.4. The number of rotatable bonds is 8. The van der Waals surface area contributed by atoms with Crippen LogP contribution < -0.4 is 4.74 Å². The maximum Gasteiger partial charge on any atom is 0.119 e. The van der Waals surface area contributed by atoms with Gasteiger partial charge in [-0.25, -0.2) is 0 Å². The fourth-order valence-corrected chi connectivity index (χ4v) is 2.16. The highest BCUT2D eigenvalue weighted by Gasteiger charge is 2.08. The maximum absolute atomic E-state index is 10.1. The molecule has 112 valence electrons. The summed E-state index contributed by atoms with van der Waals surface area (Å²) in [6.45, 7) is 0.956. The third kappa shape index (κ3) is 5.21. The second-order valence-electron chi connectivity index (χ2n) is 4.96. The van der Waals surface area contributed by atoms with Gasteiger partial charge in [0.05, 0.1) is 13.7 Å². The van der Waals surface area contributed by atoms with Crippen LogP contribution in [0.15, 0.2) is 54.6 Å². The molecule has 0 amide bonds. The van der Waals surface area contributed by atoms with Crippen molar-refractivity contribution in [3.05, 3.63) is 65.7 Å². The molecule has 0 bridgehead atoms. The normalized spacial score (nSPS) is 12.1. The molecular weight excluding hydrogens is 264 g/mol. The monoisotopic (exact) mass is 286 g/mol. The van der Waals surface area contributed by atoms with Crippen molar-refractivity contribution < 1.29 is 14.6 Å². The number of aliphatic hydroxyl groups is 1. The van der Waals surface area contributed by atoms with Gasteiger partial charge in [-0.2, -0.15) is 0 Å². The molecule has 1 atom stereocenters. The molecule has 0 radical (unpaired) electrons. The van der Waals surface area contributed by atoms with Crippen LogP contribution in [0, 0.1) is 0 Å². The van der Waals surface area contributed by atoms with Crippen molar-refractivity contribution in [2.75, 3.05) is 20.3 Å². The summed E-state index contributed by atoms with van der Waals surface area (Å²) in [5.74, 6) is 0.746. The average Bonchev–Trinajstić information content (AvgIpc) is 2.55. The van der Waals surface area contributed by atoms with Crippen molar-refractivity contribution in [3.63, 3.8) is 0 Å². The lowest BCUT2D eigenvalue weighted by Gasteiger charge is -2.12. The van der Waals surface area contributed by atoms with E-state index >= 15 is 0 Å².